The third-order valence-corrected chi connectivity index (χ3v) is 5.19. The van der Waals surface area contributed by atoms with Crippen molar-refractivity contribution < 1.29 is 4.39 Å². The van der Waals surface area contributed by atoms with Gasteiger partial charge in [-0.2, -0.15) is 5.10 Å². The van der Waals surface area contributed by atoms with E-state index in [1.54, 1.807) is 16.8 Å². The fraction of sp³-hybridized carbons (Fsp3) is 0.545. The Labute approximate surface area is 196 Å². The van der Waals surface area contributed by atoms with Crippen LogP contribution in [-0.2, 0) is 6.42 Å². The zero-order chi connectivity index (χ0) is 20.5. The molecule has 166 valence electrons. The highest BCUT2D eigenvalue weighted by Crippen LogP contribution is 2.11. The number of piperidine rings is 1. The van der Waals surface area contributed by atoms with Crippen molar-refractivity contribution in [2.24, 2.45) is 4.99 Å². The van der Waals surface area contributed by atoms with E-state index in [2.05, 4.69) is 34.5 Å². The Morgan fingerprint density at radius 1 is 1.17 bits per heavy atom. The molecule has 1 saturated heterocycles. The molecule has 6 nitrogen and oxygen atoms in total. The molecular weight excluding hydrogens is 494 g/mol. The maximum Gasteiger partial charge on any atom is 0.191 e. The zero-order valence-corrected chi connectivity index (χ0v) is 20.3. The first-order chi connectivity index (χ1) is 14.2. The standard InChI is InChI=1S/C22H33FN6.HI/c1-3-14-28-15-10-19(11-16-28)26-22(24-4-2)25-13-9-20-12-17-29(27-20)21-7-5-18(23)6-8-21;/h5-8,12,17,19H,3-4,9-11,13-16H2,1-2H3,(H2,24,25,26);1H. The van der Waals surface area contributed by atoms with Crippen molar-refractivity contribution >= 4 is 29.9 Å². The first-order valence-corrected chi connectivity index (χ1v) is 10.8. The Morgan fingerprint density at radius 3 is 2.57 bits per heavy atom. The third-order valence-electron chi connectivity index (χ3n) is 5.19. The molecule has 1 aliphatic heterocycles. The molecule has 0 spiro atoms. The Hall–Kier alpha value is -1.68. The SMILES string of the molecule is CCCN1CCC(NC(=NCCc2ccn(-c3ccc(F)cc3)n2)NCC)CC1.I. The van der Waals surface area contributed by atoms with E-state index in [1.165, 1.54) is 25.1 Å². The minimum absolute atomic E-state index is 0. The molecule has 1 aromatic carbocycles. The summed E-state index contributed by atoms with van der Waals surface area (Å²) >= 11 is 0. The lowest BCUT2D eigenvalue weighted by Gasteiger charge is -2.32. The summed E-state index contributed by atoms with van der Waals surface area (Å²) in [5, 5.41) is 11.5. The Morgan fingerprint density at radius 2 is 1.90 bits per heavy atom. The summed E-state index contributed by atoms with van der Waals surface area (Å²) in [5.41, 5.74) is 1.83. The van der Waals surface area contributed by atoms with Crippen molar-refractivity contribution in [2.75, 3.05) is 32.7 Å². The van der Waals surface area contributed by atoms with Gasteiger partial charge in [0, 0.05) is 44.8 Å². The van der Waals surface area contributed by atoms with Crippen LogP contribution in [0.25, 0.3) is 5.69 Å². The molecule has 0 saturated carbocycles. The lowest BCUT2D eigenvalue weighted by molar-refractivity contribution is 0.206. The normalized spacial score (nSPS) is 15.6. The van der Waals surface area contributed by atoms with Gasteiger partial charge in [0.25, 0.3) is 0 Å². The number of aliphatic imine (C=N–C) groups is 1. The van der Waals surface area contributed by atoms with Crippen LogP contribution in [-0.4, -0.2) is 59.4 Å². The molecule has 2 aromatic rings. The largest absolute Gasteiger partial charge is 0.357 e. The highest BCUT2D eigenvalue weighted by molar-refractivity contribution is 14.0. The second-order valence-corrected chi connectivity index (χ2v) is 7.50. The van der Waals surface area contributed by atoms with E-state index in [0.29, 0.717) is 12.6 Å². The molecule has 2 N–H and O–H groups in total. The highest BCUT2D eigenvalue weighted by atomic mass is 127. The lowest BCUT2D eigenvalue weighted by atomic mass is 10.1. The molecular formula is C22H34FIN6. The van der Waals surface area contributed by atoms with Gasteiger partial charge in [-0.05, 0) is 63.1 Å². The van der Waals surface area contributed by atoms with Crippen LogP contribution in [0.2, 0.25) is 0 Å². The van der Waals surface area contributed by atoms with Gasteiger partial charge in [0.1, 0.15) is 5.82 Å². The fourth-order valence-electron chi connectivity index (χ4n) is 3.65. The molecule has 0 unspecified atom stereocenters. The Balaban J connectivity index is 0.00000320. The van der Waals surface area contributed by atoms with Gasteiger partial charge < -0.3 is 15.5 Å². The summed E-state index contributed by atoms with van der Waals surface area (Å²) in [7, 11) is 0. The molecule has 1 fully saturated rings. The minimum atomic E-state index is -0.241. The second kappa shape index (κ2) is 12.9. The van der Waals surface area contributed by atoms with Crippen molar-refractivity contribution in [3.05, 3.63) is 48.0 Å². The molecule has 0 amide bonds. The Kier molecular flexibility index (Phi) is 10.6. The molecule has 0 aliphatic carbocycles. The zero-order valence-electron chi connectivity index (χ0n) is 18.0. The quantitative estimate of drug-likeness (QED) is 0.313. The smallest absolute Gasteiger partial charge is 0.191 e. The van der Waals surface area contributed by atoms with E-state index < -0.39 is 0 Å². The van der Waals surface area contributed by atoms with Gasteiger partial charge in [-0.3, -0.25) is 4.99 Å². The minimum Gasteiger partial charge on any atom is -0.357 e. The van der Waals surface area contributed by atoms with Crippen LogP contribution in [0.15, 0.2) is 41.5 Å². The van der Waals surface area contributed by atoms with Gasteiger partial charge in [-0.15, -0.1) is 24.0 Å². The van der Waals surface area contributed by atoms with Crippen molar-refractivity contribution in [3.63, 3.8) is 0 Å². The number of nitrogens with zero attached hydrogens (tertiary/aromatic N) is 4. The van der Waals surface area contributed by atoms with Crippen LogP contribution >= 0.6 is 24.0 Å². The number of hydrogen-bond acceptors (Lipinski definition) is 3. The number of nitrogens with one attached hydrogen (secondary N) is 2. The lowest BCUT2D eigenvalue weighted by Crippen LogP contribution is -2.48. The van der Waals surface area contributed by atoms with E-state index in [-0.39, 0.29) is 29.8 Å². The van der Waals surface area contributed by atoms with Crippen LogP contribution in [0.5, 0.6) is 0 Å². The van der Waals surface area contributed by atoms with E-state index in [9.17, 15) is 4.39 Å². The Bertz CT molecular complexity index is 768. The van der Waals surface area contributed by atoms with Gasteiger partial charge in [0.05, 0.1) is 11.4 Å². The summed E-state index contributed by atoms with van der Waals surface area (Å²) in [6.07, 6.45) is 6.21. The van der Waals surface area contributed by atoms with Crippen LogP contribution in [0.4, 0.5) is 4.39 Å². The van der Waals surface area contributed by atoms with Gasteiger partial charge >= 0.3 is 0 Å². The van der Waals surface area contributed by atoms with E-state index in [0.717, 1.165) is 56.2 Å². The highest BCUT2D eigenvalue weighted by Gasteiger charge is 2.19. The predicted molar refractivity (Wildman–Crippen MR) is 132 cm³/mol. The summed E-state index contributed by atoms with van der Waals surface area (Å²) in [5.74, 6) is 0.648. The fourth-order valence-corrected chi connectivity index (χ4v) is 3.65. The maximum absolute atomic E-state index is 13.1. The first-order valence-electron chi connectivity index (χ1n) is 10.8. The monoisotopic (exact) mass is 528 g/mol. The molecule has 0 atom stereocenters. The summed E-state index contributed by atoms with van der Waals surface area (Å²) in [6.45, 7) is 9.36. The second-order valence-electron chi connectivity index (χ2n) is 7.50. The van der Waals surface area contributed by atoms with Gasteiger partial charge in [0.2, 0.25) is 0 Å². The number of rotatable bonds is 8. The molecule has 30 heavy (non-hydrogen) atoms. The van der Waals surface area contributed by atoms with E-state index in [1.807, 2.05) is 12.3 Å². The van der Waals surface area contributed by atoms with Crippen LogP contribution < -0.4 is 10.6 Å². The molecule has 1 aromatic heterocycles. The van der Waals surface area contributed by atoms with Crippen molar-refractivity contribution in [1.29, 1.82) is 0 Å². The number of halogens is 2. The molecule has 1 aliphatic rings. The van der Waals surface area contributed by atoms with Crippen molar-refractivity contribution in [3.8, 4) is 5.69 Å². The predicted octanol–water partition coefficient (Wildman–Crippen LogP) is 3.60. The molecule has 0 bridgehead atoms. The third kappa shape index (κ3) is 7.54. The average Bonchev–Trinajstić information content (AvgIpc) is 3.19. The van der Waals surface area contributed by atoms with Gasteiger partial charge in [-0.1, -0.05) is 6.92 Å². The van der Waals surface area contributed by atoms with E-state index >= 15 is 0 Å². The summed E-state index contributed by atoms with van der Waals surface area (Å²) in [4.78, 5) is 7.28. The molecule has 0 radical (unpaired) electrons. The first kappa shape index (κ1) is 24.6. The molecule has 3 rings (SSSR count). The number of aromatic nitrogens is 2. The van der Waals surface area contributed by atoms with Crippen LogP contribution in [0.1, 0.15) is 38.8 Å². The van der Waals surface area contributed by atoms with Crippen molar-refractivity contribution in [2.45, 2.75) is 45.6 Å². The van der Waals surface area contributed by atoms with Crippen molar-refractivity contribution in [1.82, 2.24) is 25.3 Å². The molecule has 2 heterocycles. The number of benzene rings is 1. The summed E-state index contributed by atoms with van der Waals surface area (Å²) in [6, 6.07) is 8.82. The number of likely N-dealkylation sites (tertiary alicyclic amines) is 1. The average molecular weight is 528 g/mol. The topological polar surface area (TPSA) is 57.5 Å². The number of guanidine groups is 1. The molecule has 8 heteroatoms. The maximum atomic E-state index is 13.1. The van der Waals surface area contributed by atoms with E-state index in [4.69, 9.17) is 4.99 Å². The van der Waals surface area contributed by atoms with Gasteiger partial charge in [-0.25, -0.2) is 9.07 Å². The van der Waals surface area contributed by atoms with Crippen LogP contribution in [0, 0.1) is 5.82 Å². The number of hydrogen-bond donors (Lipinski definition) is 2. The summed E-state index contributed by atoms with van der Waals surface area (Å²) < 4.78 is 14.8. The van der Waals surface area contributed by atoms with Gasteiger partial charge in [0.15, 0.2) is 5.96 Å². The van der Waals surface area contributed by atoms with Crippen LogP contribution in [0.3, 0.4) is 0 Å².